The van der Waals surface area contributed by atoms with Crippen molar-refractivity contribution in [1.82, 2.24) is 0 Å². The normalized spacial score (nSPS) is 13.1. The maximum Gasteiger partial charge on any atom is 0.162 e. The first-order valence-electron chi connectivity index (χ1n) is 23.7. The van der Waals surface area contributed by atoms with Gasteiger partial charge < -0.3 is 18.9 Å². The van der Waals surface area contributed by atoms with E-state index in [1.165, 1.54) is 161 Å². The van der Waals surface area contributed by atoms with E-state index in [9.17, 15) is 0 Å². The number of hydrogen-bond donors (Lipinski definition) is 0. The van der Waals surface area contributed by atoms with Crippen molar-refractivity contribution in [2.24, 2.45) is 0 Å². The molecule has 6 rings (SSSR count). The van der Waals surface area contributed by atoms with Gasteiger partial charge in [-0.25, -0.2) is 0 Å². The fraction of sp³-hybridized carbons (Fsp3) is 0.519. The summed E-state index contributed by atoms with van der Waals surface area (Å²) in [6.45, 7) is 6.10. The van der Waals surface area contributed by atoms with Crippen LogP contribution in [-0.2, 0) is 12.8 Å². The van der Waals surface area contributed by atoms with E-state index in [2.05, 4.69) is 106 Å². The van der Waals surface area contributed by atoms with Crippen LogP contribution in [0.5, 0.6) is 23.0 Å². The number of aryl methyl sites for hydroxylation is 2. The van der Waals surface area contributed by atoms with Gasteiger partial charge in [0.15, 0.2) is 11.5 Å². The van der Waals surface area contributed by atoms with Gasteiger partial charge in [-0.2, -0.15) is 0 Å². The third kappa shape index (κ3) is 13.9. The van der Waals surface area contributed by atoms with Crippen LogP contribution in [0.2, 0.25) is 0 Å². The van der Waals surface area contributed by atoms with Crippen LogP contribution in [0, 0.1) is 0 Å². The van der Waals surface area contributed by atoms with Crippen molar-refractivity contribution in [3.63, 3.8) is 0 Å². The molecule has 5 aromatic rings. The van der Waals surface area contributed by atoms with Crippen molar-refractivity contribution in [2.45, 2.75) is 155 Å². The molecule has 0 aromatic heterocycles. The highest BCUT2D eigenvalue weighted by Crippen LogP contribution is 2.46. The van der Waals surface area contributed by atoms with Gasteiger partial charge in [-0.3, -0.25) is 0 Å². The Morgan fingerprint density at radius 3 is 1.07 bits per heavy atom. The molecule has 0 unspecified atom stereocenters. The molecule has 324 valence electrons. The average Bonchev–Trinajstić information content (AvgIpc) is 3.26. The molecule has 1 heterocycles. The molecule has 0 bridgehead atoms. The predicted molar refractivity (Wildman–Crippen MR) is 262 cm³/mol. The van der Waals surface area contributed by atoms with Gasteiger partial charge in [0, 0.05) is 20.1 Å². The molecule has 0 fully saturated rings. The Labute approximate surface area is 378 Å². The van der Waals surface area contributed by atoms with E-state index in [1.54, 1.807) is 0 Å². The quantitative estimate of drug-likeness (QED) is 0.0648. The molecule has 0 radical (unpaired) electrons. The molecule has 1 aliphatic heterocycles. The lowest BCUT2D eigenvalue weighted by Crippen LogP contribution is -2.14. The van der Waals surface area contributed by atoms with E-state index in [0.717, 1.165) is 44.4 Å². The second-order valence-corrected chi connectivity index (χ2v) is 18.7. The molecule has 5 aromatic carbocycles. The molecule has 0 saturated heterocycles. The van der Waals surface area contributed by atoms with Gasteiger partial charge in [-0.1, -0.05) is 178 Å². The van der Waals surface area contributed by atoms with Gasteiger partial charge in [0.2, 0.25) is 0 Å². The van der Waals surface area contributed by atoms with Crippen molar-refractivity contribution in [3.8, 4) is 34.1 Å². The summed E-state index contributed by atoms with van der Waals surface area (Å²) in [4.78, 5) is 0. The summed E-state index contributed by atoms with van der Waals surface area (Å²) >= 11 is 7.25. The number of hydrogen-bond acceptors (Lipinski definition) is 4. The van der Waals surface area contributed by atoms with Crippen LogP contribution in [0.1, 0.15) is 153 Å². The fourth-order valence-corrected chi connectivity index (χ4v) is 9.41. The minimum absolute atomic E-state index is 0.376. The third-order valence-corrected chi connectivity index (χ3v) is 14.0. The van der Waals surface area contributed by atoms with Crippen LogP contribution in [0.25, 0.3) is 32.7 Å². The van der Waals surface area contributed by atoms with Crippen molar-refractivity contribution >= 4 is 53.4 Å². The zero-order valence-electron chi connectivity index (χ0n) is 36.7. The SMILES string of the molecule is CCCCCCCCCCCCc1ccc2c3c(ccc2c1)OCCOc1cc(Br)c(Br)cc1OCCOc1ccc2cc(CCCCCCCCCCCC)ccc2c1-3. The van der Waals surface area contributed by atoms with Crippen molar-refractivity contribution in [3.05, 3.63) is 92.9 Å². The number of ether oxygens (including phenoxy) is 4. The van der Waals surface area contributed by atoms with Gasteiger partial charge in [0.25, 0.3) is 0 Å². The zero-order chi connectivity index (χ0) is 41.8. The van der Waals surface area contributed by atoms with Crippen molar-refractivity contribution in [2.75, 3.05) is 26.4 Å². The number of unbranched alkanes of at least 4 members (excludes halogenated alkanes) is 18. The Balaban J connectivity index is 1.22. The maximum absolute atomic E-state index is 6.68. The van der Waals surface area contributed by atoms with E-state index in [4.69, 9.17) is 18.9 Å². The van der Waals surface area contributed by atoms with E-state index in [0.29, 0.717) is 37.9 Å². The Hall–Kier alpha value is -3.22. The molecule has 4 nitrogen and oxygen atoms in total. The summed E-state index contributed by atoms with van der Waals surface area (Å²) in [5, 5.41) is 4.81. The average molecular weight is 943 g/mol. The van der Waals surface area contributed by atoms with Crippen LogP contribution in [0.15, 0.2) is 81.7 Å². The monoisotopic (exact) mass is 940 g/mol. The van der Waals surface area contributed by atoms with E-state index in [-0.39, 0.29) is 0 Å². The van der Waals surface area contributed by atoms with Gasteiger partial charge in [-0.15, -0.1) is 0 Å². The molecule has 0 atom stereocenters. The Morgan fingerprint density at radius 2 is 0.700 bits per heavy atom. The van der Waals surface area contributed by atoms with E-state index >= 15 is 0 Å². The Bertz CT molecular complexity index is 1910. The number of fused-ring (bicyclic) bond motifs is 8. The van der Waals surface area contributed by atoms with Gasteiger partial charge >= 0.3 is 0 Å². The summed E-state index contributed by atoms with van der Waals surface area (Å²) < 4.78 is 27.7. The molecular weight excluding hydrogens is 872 g/mol. The Kier molecular flexibility index (Phi) is 19.8. The van der Waals surface area contributed by atoms with Crippen LogP contribution in [0.4, 0.5) is 0 Å². The number of benzene rings is 5. The highest BCUT2D eigenvalue weighted by Gasteiger charge is 2.21. The number of halogens is 2. The standard InChI is InChI=1S/C54H70Br2O4/c1-3-5-7-9-11-13-15-17-19-21-23-41-25-29-45-43(37-41)27-31-49-53(45)54-46-30-26-42(24-22-20-18-16-14-12-10-8-6-4-2)38-44(46)28-32-50(54)58-34-36-60-52-40-48(56)47(55)39-51(52)59-35-33-57-49/h25-32,37-40H,3-24,33-36H2,1-2H3. The fourth-order valence-electron chi connectivity index (χ4n) is 8.76. The number of rotatable bonds is 22. The molecule has 60 heavy (non-hydrogen) atoms. The maximum atomic E-state index is 6.68. The molecule has 0 amide bonds. The molecule has 1 aliphatic rings. The Morgan fingerprint density at radius 1 is 0.367 bits per heavy atom. The molecule has 0 N–H and O–H groups in total. The summed E-state index contributed by atoms with van der Waals surface area (Å²) in [6.07, 6.45) is 29.3. The lowest BCUT2D eigenvalue weighted by Gasteiger charge is -2.21. The second-order valence-electron chi connectivity index (χ2n) is 17.0. The van der Waals surface area contributed by atoms with E-state index < -0.39 is 0 Å². The molecule has 0 saturated carbocycles. The van der Waals surface area contributed by atoms with Crippen molar-refractivity contribution < 1.29 is 18.9 Å². The molecule has 6 heteroatoms. The second kappa shape index (κ2) is 25.7. The minimum atomic E-state index is 0.376. The lowest BCUT2D eigenvalue weighted by molar-refractivity contribution is 0.191. The summed E-state index contributed by atoms with van der Waals surface area (Å²) in [6, 6.07) is 26.7. The van der Waals surface area contributed by atoms with Crippen LogP contribution >= 0.6 is 31.9 Å². The van der Waals surface area contributed by atoms with Gasteiger partial charge in [0.1, 0.15) is 37.9 Å². The van der Waals surface area contributed by atoms with Gasteiger partial charge in [-0.05, 0) is 114 Å². The first-order chi connectivity index (χ1) is 29.6. The summed E-state index contributed by atoms with van der Waals surface area (Å²) in [5.41, 5.74) is 4.95. The summed E-state index contributed by atoms with van der Waals surface area (Å²) in [7, 11) is 0. The van der Waals surface area contributed by atoms with E-state index in [1.807, 2.05) is 12.1 Å². The van der Waals surface area contributed by atoms with Crippen LogP contribution < -0.4 is 18.9 Å². The molecule has 0 aliphatic carbocycles. The first kappa shape index (κ1) is 46.3. The zero-order valence-corrected chi connectivity index (χ0v) is 39.9. The largest absolute Gasteiger partial charge is 0.489 e. The van der Waals surface area contributed by atoms with Gasteiger partial charge in [0.05, 0.1) is 0 Å². The minimum Gasteiger partial charge on any atom is -0.489 e. The molecular formula is C54H70Br2O4. The summed E-state index contributed by atoms with van der Waals surface area (Å²) in [5.74, 6) is 3.01. The van der Waals surface area contributed by atoms with Crippen LogP contribution in [-0.4, -0.2) is 26.4 Å². The molecule has 0 spiro atoms. The first-order valence-corrected chi connectivity index (χ1v) is 25.3. The van der Waals surface area contributed by atoms with Crippen molar-refractivity contribution in [1.29, 1.82) is 0 Å². The smallest absolute Gasteiger partial charge is 0.162 e. The van der Waals surface area contributed by atoms with Crippen LogP contribution in [0.3, 0.4) is 0 Å². The lowest BCUT2D eigenvalue weighted by atomic mass is 9.90. The highest BCUT2D eigenvalue weighted by molar-refractivity contribution is 9.13. The third-order valence-electron chi connectivity index (χ3n) is 12.2. The predicted octanol–water partition coefficient (Wildman–Crippen LogP) is 17.3. The highest BCUT2D eigenvalue weighted by atomic mass is 79.9. The topological polar surface area (TPSA) is 36.9 Å².